The van der Waals surface area contributed by atoms with Crippen LogP contribution in [-0.4, -0.2) is 34.6 Å². The van der Waals surface area contributed by atoms with E-state index in [0.29, 0.717) is 17.2 Å². The van der Waals surface area contributed by atoms with Crippen molar-refractivity contribution in [2.24, 2.45) is 0 Å². The number of halogens is 2. The molecule has 178 valence electrons. The van der Waals surface area contributed by atoms with Crippen molar-refractivity contribution in [3.05, 3.63) is 70.5 Å². The van der Waals surface area contributed by atoms with Gasteiger partial charge in [0.15, 0.2) is 0 Å². The van der Waals surface area contributed by atoms with E-state index in [9.17, 15) is 14.0 Å². The molecular weight excluding hydrogens is 459 g/mol. The Morgan fingerprint density at radius 1 is 1.06 bits per heavy atom. The molecule has 0 saturated heterocycles. The van der Waals surface area contributed by atoms with Crippen LogP contribution in [0.25, 0.3) is 0 Å². The first kappa shape index (κ1) is 25.6. The smallest absolute Gasteiger partial charge is 0.243 e. The fourth-order valence-corrected chi connectivity index (χ4v) is 5.17. The van der Waals surface area contributed by atoms with Crippen LogP contribution in [0.15, 0.2) is 48.5 Å². The van der Waals surface area contributed by atoms with Gasteiger partial charge in [-0.25, -0.2) is 4.39 Å². The number of hydrogen-bond donors (Lipinski definition) is 1. The molecular formula is C26H32ClFN2O2S. The lowest BCUT2D eigenvalue weighted by Crippen LogP contribution is -2.52. The molecule has 2 amide bonds. The van der Waals surface area contributed by atoms with Gasteiger partial charge in [-0.1, -0.05) is 62.1 Å². The second-order valence-corrected chi connectivity index (χ2v) is 9.96. The zero-order valence-electron chi connectivity index (χ0n) is 19.1. The predicted octanol–water partition coefficient (Wildman–Crippen LogP) is 5.97. The van der Waals surface area contributed by atoms with E-state index < -0.39 is 6.04 Å². The summed E-state index contributed by atoms with van der Waals surface area (Å²) in [4.78, 5) is 28.1. The molecule has 1 aliphatic rings. The van der Waals surface area contributed by atoms with Gasteiger partial charge in [0.2, 0.25) is 11.8 Å². The van der Waals surface area contributed by atoms with Crippen molar-refractivity contribution in [2.75, 3.05) is 5.75 Å². The van der Waals surface area contributed by atoms with Gasteiger partial charge in [-0.05, 0) is 54.7 Å². The van der Waals surface area contributed by atoms with E-state index in [0.717, 1.165) is 36.8 Å². The van der Waals surface area contributed by atoms with Gasteiger partial charge in [-0.15, -0.1) is 11.8 Å². The minimum Gasteiger partial charge on any atom is -0.352 e. The highest BCUT2D eigenvalue weighted by atomic mass is 35.5. The lowest BCUT2D eigenvalue weighted by atomic mass is 9.95. The molecule has 7 heteroatoms. The molecule has 1 unspecified atom stereocenters. The van der Waals surface area contributed by atoms with E-state index in [-0.39, 0.29) is 36.0 Å². The number of carbonyl (C=O) groups excluding carboxylic acids is 2. The van der Waals surface area contributed by atoms with E-state index in [1.165, 1.54) is 30.3 Å². The highest BCUT2D eigenvalue weighted by molar-refractivity contribution is 7.99. The van der Waals surface area contributed by atoms with E-state index in [2.05, 4.69) is 5.32 Å². The number of nitrogens with zero attached hydrogens (tertiary/aromatic N) is 1. The van der Waals surface area contributed by atoms with E-state index >= 15 is 0 Å². The van der Waals surface area contributed by atoms with Gasteiger partial charge >= 0.3 is 0 Å². The maximum atomic E-state index is 13.4. The first-order valence-electron chi connectivity index (χ1n) is 11.6. The number of hydrogen-bond acceptors (Lipinski definition) is 3. The SMILES string of the molecule is CCC(C(=O)NC1CCCCC1)N(Cc1ccc(F)cc1)C(=O)CSCc1ccc(Cl)cc1. The van der Waals surface area contributed by atoms with Crippen molar-refractivity contribution in [1.29, 1.82) is 0 Å². The summed E-state index contributed by atoms with van der Waals surface area (Å²) in [6.45, 7) is 2.20. The Hall–Kier alpha value is -2.05. The number of nitrogens with one attached hydrogen (secondary N) is 1. The fraction of sp³-hybridized carbons (Fsp3) is 0.462. The van der Waals surface area contributed by atoms with Crippen molar-refractivity contribution in [3.8, 4) is 0 Å². The van der Waals surface area contributed by atoms with Crippen LogP contribution in [0.2, 0.25) is 5.02 Å². The van der Waals surface area contributed by atoms with Gasteiger partial charge in [0.25, 0.3) is 0 Å². The maximum Gasteiger partial charge on any atom is 0.243 e. The van der Waals surface area contributed by atoms with Crippen LogP contribution in [0.1, 0.15) is 56.6 Å². The Morgan fingerprint density at radius 2 is 1.70 bits per heavy atom. The normalized spacial score (nSPS) is 15.1. The Bertz CT molecular complexity index is 902. The summed E-state index contributed by atoms with van der Waals surface area (Å²) in [7, 11) is 0. The molecule has 0 aromatic heterocycles. The maximum absolute atomic E-state index is 13.4. The average Bonchev–Trinajstić information content (AvgIpc) is 2.82. The van der Waals surface area contributed by atoms with Gasteiger partial charge in [-0.2, -0.15) is 0 Å². The Kier molecular flexibility index (Phi) is 10.1. The molecule has 3 rings (SSSR count). The first-order chi connectivity index (χ1) is 16.0. The number of benzene rings is 2. The quantitative estimate of drug-likeness (QED) is 0.446. The molecule has 1 N–H and O–H groups in total. The topological polar surface area (TPSA) is 49.4 Å². The Morgan fingerprint density at radius 3 is 2.33 bits per heavy atom. The van der Waals surface area contributed by atoms with E-state index in [1.54, 1.807) is 17.0 Å². The summed E-state index contributed by atoms with van der Waals surface area (Å²) in [5, 5.41) is 3.86. The molecule has 0 radical (unpaired) electrons. The molecule has 2 aromatic rings. The summed E-state index contributed by atoms with van der Waals surface area (Å²) in [6.07, 6.45) is 5.97. The molecule has 1 fully saturated rings. The summed E-state index contributed by atoms with van der Waals surface area (Å²) in [6, 6.07) is 13.3. The van der Waals surface area contributed by atoms with Crippen LogP contribution < -0.4 is 5.32 Å². The number of amides is 2. The second-order valence-electron chi connectivity index (χ2n) is 8.53. The van der Waals surface area contributed by atoms with Crippen molar-refractivity contribution >= 4 is 35.2 Å². The standard InChI is InChI=1S/C26H32ClFN2O2S/c1-2-24(26(32)29-23-6-4-3-5-7-23)30(16-19-10-14-22(28)15-11-19)25(31)18-33-17-20-8-12-21(27)13-9-20/h8-15,23-24H,2-7,16-18H2,1H3,(H,29,32). The summed E-state index contributed by atoms with van der Waals surface area (Å²) >= 11 is 7.46. The first-order valence-corrected chi connectivity index (χ1v) is 13.2. The Balaban J connectivity index is 1.68. The van der Waals surface area contributed by atoms with Gasteiger partial charge < -0.3 is 10.2 Å². The third kappa shape index (κ3) is 8.04. The minimum absolute atomic E-state index is 0.0936. The van der Waals surface area contributed by atoms with E-state index in [4.69, 9.17) is 11.6 Å². The molecule has 0 spiro atoms. The number of thioether (sulfide) groups is 1. The van der Waals surface area contributed by atoms with Crippen LogP contribution in [0, 0.1) is 5.82 Å². The highest BCUT2D eigenvalue weighted by Crippen LogP contribution is 2.21. The molecule has 1 aliphatic carbocycles. The summed E-state index contributed by atoms with van der Waals surface area (Å²) in [5.41, 5.74) is 1.89. The molecule has 0 heterocycles. The monoisotopic (exact) mass is 490 g/mol. The molecule has 0 bridgehead atoms. The predicted molar refractivity (Wildman–Crippen MR) is 134 cm³/mol. The molecule has 1 atom stereocenters. The van der Waals surface area contributed by atoms with Crippen molar-refractivity contribution in [1.82, 2.24) is 10.2 Å². The lowest BCUT2D eigenvalue weighted by molar-refractivity contribution is -0.139. The Labute approximate surface area is 205 Å². The van der Waals surface area contributed by atoms with Crippen LogP contribution in [0.5, 0.6) is 0 Å². The van der Waals surface area contributed by atoms with Crippen molar-refractivity contribution in [3.63, 3.8) is 0 Å². The third-order valence-electron chi connectivity index (χ3n) is 6.01. The average molecular weight is 491 g/mol. The van der Waals surface area contributed by atoms with Gasteiger partial charge in [0, 0.05) is 23.4 Å². The second kappa shape index (κ2) is 13.0. The third-order valence-corrected chi connectivity index (χ3v) is 7.25. The van der Waals surface area contributed by atoms with Crippen LogP contribution >= 0.6 is 23.4 Å². The van der Waals surface area contributed by atoms with Crippen molar-refractivity contribution < 1.29 is 14.0 Å². The lowest BCUT2D eigenvalue weighted by Gasteiger charge is -2.32. The zero-order chi connectivity index (χ0) is 23.6. The van der Waals surface area contributed by atoms with Crippen LogP contribution in [-0.2, 0) is 21.9 Å². The summed E-state index contributed by atoms with van der Waals surface area (Å²) in [5.74, 6) is 0.429. The number of carbonyl (C=O) groups is 2. The molecule has 2 aromatic carbocycles. The van der Waals surface area contributed by atoms with Crippen LogP contribution in [0.4, 0.5) is 4.39 Å². The van der Waals surface area contributed by atoms with Gasteiger partial charge in [0.1, 0.15) is 11.9 Å². The van der Waals surface area contributed by atoms with Crippen molar-refractivity contribution in [2.45, 2.75) is 69.8 Å². The minimum atomic E-state index is -0.555. The summed E-state index contributed by atoms with van der Waals surface area (Å²) < 4.78 is 13.4. The largest absolute Gasteiger partial charge is 0.352 e. The highest BCUT2D eigenvalue weighted by Gasteiger charge is 2.30. The molecule has 4 nitrogen and oxygen atoms in total. The molecule has 1 saturated carbocycles. The molecule has 0 aliphatic heterocycles. The number of rotatable bonds is 10. The fourth-order valence-electron chi connectivity index (χ4n) is 4.17. The van der Waals surface area contributed by atoms with Gasteiger partial charge in [-0.3, -0.25) is 9.59 Å². The molecule has 33 heavy (non-hydrogen) atoms. The van der Waals surface area contributed by atoms with Gasteiger partial charge in [0.05, 0.1) is 5.75 Å². The zero-order valence-corrected chi connectivity index (χ0v) is 20.6. The van der Waals surface area contributed by atoms with Crippen LogP contribution in [0.3, 0.4) is 0 Å². The van der Waals surface area contributed by atoms with E-state index in [1.807, 2.05) is 31.2 Å².